The number of aryl methyl sites for hydroxylation is 1. The molecule has 4 heteroatoms. The van der Waals surface area contributed by atoms with E-state index in [0.29, 0.717) is 10.6 Å². The average Bonchev–Trinajstić information content (AvgIpc) is 2.29. The SMILES string of the molecule is Cc1cc(Cl)c(C(=O)N2CCCCC2)cn1. The van der Waals surface area contributed by atoms with E-state index in [1.807, 2.05) is 11.8 Å². The van der Waals surface area contributed by atoms with Gasteiger partial charge in [0.1, 0.15) is 0 Å². The first-order chi connectivity index (χ1) is 7.68. The fraction of sp³-hybridized carbons (Fsp3) is 0.500. The van der Waals surface area contributed by atoms with E-state index in [4.69, 9.17) is 11.6 Å². The van der Waals surface area contributed by atoms with Crippen LogP contribution in [-0.4, -0.2) is 28.9 Å². The molecule has 1 amide bonds. The Morgan fingerprint density at radius 2 is 2.06 bits per heavy atom. The van der Waals surface area contributed by atoms with Crippen molar-refractivity contribution in [3.8, 4) is 0 Å². The van der Waals surface area contributed by atoms with Crippen LogP contribution in [0.4, 0.5) is 0 Å². The number of aromatic nitrogens is 1. The van der Waals surface area contributed by atoms with Crippen molar-refractivity contribution in [1.82, 2.24) is 9.88 Å². The molecule has 2 rings (SSSR count). The number of carbonyl (C=O) groups is 1. The minimum absolute atomic E-state index is 0.0113. The lowest BCUT2D eigenvalue weighted by Gasteiger charge is -2.26. The zero-order valence-electron chi connectivity index (χ0n) is 9.37. The van der Waals surface area contributed by atoms with Crippen molar-refractivity contribution in [1.29, 1.82) is 0 Å². The molecular formula is C12H15ClN2O. The summed E-state index contributed by atoms with van der Waals surface area (Å²) in [6, 6.07) is 1.73. The molecule has 3 nitrogen and oxygen atoms in total. The van der Waals surface area contributed by atoms with Crippen LogP contribution in [0.15, 0.2) is 12.3 Å². The lowest BCUT2D eigenvalue weighted by Crippen LogP contribution is -2.35. The first kappa shape index (κ1) is 11.4. The molecule has 16 heavy (non-hydrogen) atoms. The first-order valence-corrected chi connectivity index (χ1v) is 5.97. The molecule has 0 unspecified atom stereocenters. The topological polar surface area (TPSA) is 33.2 Å². The van der Waals surface area contributed by atoms with Gasteiger partial charge in [-0.15, -0.1) is 0 Å². The minimum atomic E-state index is 0.0113. The van der Waals surface area contributed by atoms with Crippen molar-refractivity contribution >= 4 is 17.5 Å². The van der Waals surface area contributed by atoms with E-state index in [1.165, 1.54) is 6.42 Å². The second-order valence-corrected chi connectivity index (χ2v) is 4.57. The molecule has 0 radical (unpaired) electrons. The normalized spacial score (nSPS) is 16.2. The largest absolute Gasteiger partial charge is 0.339 e. The Balaban J connectivity index is 2.19. The van der Waals surface area contributed by atoms with Crippen molar-refractivity contribution in [3.63, 3.8) is 0 Å². The molecule has 0 aliphatic carbocycles. The molecule has 0 bridgehead atoms. The highest BCUT2D eigenvalue weighted by molar-refractivity contribution is 6.33. The van der Waals surface area contributed by atoms with E-state index in [0.717, 1.165) is 31.6 Å². The summed E-state index contributed by atoms with van der Waals surface area (Å²) in [5, 5.41) is 0.503. The summed E-state index contributed by atoms with van der Waals surface area (Å²) in [5.74, 6) is 0.0113. The van der Waals surface area contributed by atoms with Crippen LogP contribution in [0, 0.1) is 6.92 Å². The van der Waals surface area contributed by atoms with Crippen LogP contribution < -0.4 is 0 Å². The average molecular weight is 239 g/mol. The van der Waals surface area contributed by atoms with E-state index in [9.17, 15) is 4.79 Å². The molecule has 1 aliphatic rings. The lowest BCUT2D eigenvalue weighted by atomic mass is 10.1. The van der Waals surface area contributed by atoms with Gasteiger partial charge in [-0.05, 0) is 32.3 Å². The van der Waals surface area contributed by atoms with Gasteiger partial charge in [0.15, 0.2) is 0 Å². The summed E-state index contributed by atoms with van der Waals surface area (Å²) in [6.45, 7) is 3.53. The molecular weight excluding hydrogens is 224 g/mol. The summed E-state index contributed by atoms with van der Waals surface area (Å²) < 4.78 is 0. The third kappa shape index (κ3) is 2.35. The standard InChI is InChI=1S/C12H15ClN2O/c1-9-7-11(13)10(8-14-9)12(16)15-5-3-2-4-6-15/h7-8H,2-6H2,1H3. The predicted octanol–water partition coefficient (Wildman–Crippen LogP) is 2.67. The van der Waals surface area contributed by atoms with E-state index in [1.54, 1.807) is 12.3 Å². The Hall–Kier alpha value is -1.09. The number of hydrogen-bond acceptors (Lipinski definition) is 2. The number of hydrogen-bond donors (Lipinski definition) is 0. The van der Waals surface area contributed by atoms with Gasteiger partial charge in [-0.1, -0.05) is 11.6 Å². The van der Waals surface area contributed by atoms with E-state index in [2.05, 4.69) is 4.98 Å². The van der Waals surface area contributed by atoms with Gasteiger partial charge in [-0.3, -0.25) is 9.78 Å². The summed E-state index contributed by atoms with van der Waals surface area (Å²) >= 11 is 6.06. The summed E-state index contributed by atoms with van der Waals surface area (Å²) in [6.07, 6.45) is 4.96. The summed E-state index contributed by atoms with van der Waals surface area (Å²) in [4.78, 5) is 18.1. The Bertz CT molecular complexity index is 400. The summed E-state index contributed by atoms with van der Waals surface area (Å²) in [7, 11) is 0. The van der Waals surface area contributed by atoms with Crippen molar-refractivity contribution < 1.29 is 4.79 Å². The van der Waals surface area contributed by atoms with Crippen LogP contribution in [0.2, 0.25) is 5.02 Å². The maximum atomic E-state index is 12.1. The number of pyridine rings is 1. The molecule has 2 heterocycles. The van der Waals surface area contributed by atoms with Crippen LogP contribution in [0.5, 0.6) is 0 Å². The molecule has 0 aromatic carbocycles. The van der Waals surface area contributed by atoms with Gasteiger partial charge < -0.3 is 4.90 Å². The number of piperidine rings is 1. The molecule has 1 fully saturated rings. The van der Waals surface area contributed by atoms with Gasteiger partial charge in [0, 0.05) is 25.0 Å². The molecule has 1 saturated heterocycles. The quantitative estimate of drug-likeness (QED) is 0.754. The predicted molar refractivity (Wildman–Crippen MR) is 63.7 cm³/mol. The zero-order valence-corrected chi connectivity index (χ0v) is 10.1. The molecule has 0 atom stereocenters. The van der Waals surface area contributed by atoms with Crippen molar-refractivity contribution in [2.45, 2.75) is 26.2 Å². The Morgan fingerprint density at radius 1 is 1.38 bits per heavy atom. The Morgan fingerprint density at radius 3 is 2.69 bits per heavy atom. The molecule has 0 N–H and O–H groups in total. The molecule has 0 spiro atoms. The maximum absolute atomic E-state index is 12.1. The van der Waals surface area contributed by atoms with Crippen LogP contribution in [-0.2, 0) is 0 Å². The number of amides is 1. The van der Waals surface area contributed by atoms with Crippen LogP contribution >= 0.6 is 11.6 Å². The highest BCUT2D eigenvalue weighted by Gasteiger charge is 2.20. The van der Waals surface area contributed by atoms with Crippen molar-refractivity contribution in [2.24, 2.45) is 0 Å². The monoisotopic (exact) mass is 238 g/mol. The number of carbonyl (C=O) groups excluding carboxylic acids is 1. The van der Waals surface area contributed by atoms with Gasteiger partial charge in [-0.25, -0.2) is 0 Å². The van der Waals surface area contributed by atoms with Crippen LogP contribution in [0.3, 0.4) is 0 Å². The lowest BCUT2D eigenvalue weighted by molar-refractivity contribution is 0.0724. The number of rotatable bonds is 1. The van der Waals surface area contributed by atoms with Gasteiger partial charge in [-0.2, -0.15) is 0 Å². The zero-order chi connectivity index (χ0) is 11.5. The van der Waals surface area contributed by atoms with Gasteiger partial charge in [0.2, 0.25) is 0 Å². The number of likely N-dealkylation sites (tertiary alicyclic amines) is 1. The molecule has 1 aliphatic heterocycles. The van der Waals surface area contributed by atoms with E-state index >= 15 is 0 Å². The fourth-order valence-corrected chi connectivity index (χ4v) is 2.24. The maximum Gasteiger partial charge on any atom is 0.256 e. The minimum Gasteiger partial charge on any atom is -0.339 e. The second-order valence-electron chi connectivity index (χ2n) is 4.16. The number of nitrogens with zero attached hydrogens (tertiary/aromatic N) is 2. The van der Waals surface area contributed by atoms with Gasteiger partial charge >= 0.3 is 0 Å². The van der Waals surface area contributed by atoms with E-state index < -0.39 is 0 Å². The van der Waals surface area contributed by atoms with Gasteiger partial charge in [0.25, 0.3) is 5.91 Å². The Kier molecular flexibility index (Phi) is 3.44. The highest BCUT2D eigenvalue weighted by Crippen LogP contribution is 2.19. The molecule has 1 aromatic heterocycles. The molecule has 1 aromatic rings. The summed E-state index contributed by atoms with van der Waals surface area (Å²) in [5.41, 5.74) is 1.36. The first-order valence-electron chi connectivity index (χ1n) is 5.60. The fourth-order valence-electron chi connectivity index (χ4n) is 1.95. The Labute approximate surface area is 100 Å². The van der Waals surface area contributed by atoms with Gasteiger partial charge in [0.05, 0.1) is 10.6 Å². The smallest absolute Gasteiger partial charge is 0.256 e. The molecule has 86 valence electrons. The van der Waals surface area contributed by atoms with E-state index in [-0.39, 0.29) is 5.91 Å². The number of halogens is 1. The van der Waals surface area contributed by atoms with Crippen LogP contribution in [0.1, 0.15) is 35.3 Å². The van der Waals surface area contributed by atoms with Crippen LogP contribution in [0.25, 0.3) is 0 Å². The van der Waals surface area contributed by atoms with Crippen molar-refractivity contribution in [2.75, 3.05) is 13.1 Å². The van der Waals surface area contributed by atoms with Crippen molar-refractivity contribution in [3.05, 3.63) is 28.5 Å². The third-order valence-corrected chi connectivity index (χ3v) is 3.18. The molecule has 0 saturated carbocycles. The highest BCUT2D eigenvalue weighted by atomic mass is 35.5. The third-order valence-electron chi connectivity index (χ3n) is 2.86. The second kappa shape index (κ2) is 4.83.